The van der Waals surface area contributed by atoms with Crippen molar-refractivity contribution in [2.24, 2.45) is 0 Å². The monoisotopic (exact) mass is 208 g/mol. The highest BCUT2D eigenvalue weighted by atomic mass is 35.5. The lowest BCUT2D eigenvalue weighted by Gasteiger charge is -1.98. The Labute approximate surface area is 79.6 Å². The van der Waals surface area contributed by atoms with Gasteiger partial charge in [0.1, 0.15) is 0 Å². The summed E-state index contributed by atoms with van der Waals surface area (Å²) in [5.74, 6) is -3.28. The van der Waals surface area contributed by atoms with Gasteiger partial charge in [-0.1, -0.05) is 12.1 Å². The second kappa shape index (κ2) is 4.77. The summed E-state index contributed by atoms with van der Waals surface area (Å²) in [5, 5.41) is 8.29. The van der Waals surface area contributed by atoms with Crippen LogP contribution in [-0.4, -0.2) is 11.1 Å². The molecule has 0 aliphatic heterocycles. The molecule has 0 radical (unpaired) electrons. The Morgan fingerprint density at radius 1 is 1.38 bits per heavy atom. The first-order valence-electron chi connectivity index (χ1n) is 3.26. The van der Waals surface area contributed by atoms with Gasteiger partial charge in [-0.05, 0) is 6.07 Å². The number of carboxylic acid groups (broad SMARTS) is 1. The topological polar surface area (TPSA) is 37.3 Å². The number of hydrogen-bond donors (Lipinski definition) is 1. The fourth-order valence-corrected chi connectivity index (χ4v) is 0.848. The van der Waals surface area contributed by atoms with Gasteiger partial charge in [0.2, 0.25) is 0 Å². The van der Waals surface area contributed by atoms with E-state index in [1.165, 1.54) is 12.1 Å². The van der Waals surface area contributed by atoms with E-state index in [1.54, 1.807) is 0 Å². The molecule has 1 aromatic rings. The van der Waals surface area contributed by atoms with Crippen LogP contribution in [0.15, 0.2) is 18.2 Å². The number of aliphatic carboxylic acids is 1. The van der Waals surface area contributed by atoms with Crippen LogP contribution in [0.25, 0.3) is 0 Å². The van der Waals surface area contributed by atoms with Gasteiger partial charge in [-0.2, -0.15) is 0 Å². The van der Waals surface area contributed by atoms with Crippen LogP contribution in [0.2, 0.25) is 0 Å². The summed E-state index contributed by atoms with van der Waals surface area (Å²) in [7, 11) is 0. The zero-order valence-corrected chi connectivity index (χ0v) is 7.28. The van der Waals surface area contributed by atoms with E-state index in [0.29, 0.717) is 0 Å². The van der Waals surface area contributed by atoms with Crippen molar-refractivity contribution >= 4 is 18.4 Å². The molecule has 72 valence electrons. The van der Waals surface area contributed by atoms with Crippen molar-refractivity contribution in [3.8, 4) is 0 Å². The second-order valence-corrected chi connectivity index (χ2v) is 2.28. The summed E-state index contributed by atoms with van der Waals surface area (Å²) in [4.78, 5) is 10.1. The molecule has 0 atom stereocenters. The number of carboxylic acids is 1. The molecule has 1 N–H and O–H groups in total. The van der Waals surface area contributed by atoms with Crippen LogP contribution >= 0.6 is 12.4 Å². The van der Waals surface area contributed by atoms with Gasteiger partial charge < -0.3 is 5.11 Å². The molecule has 0 spiro atoms. The van der Waals surface area contributed by atoms with Crippen molar-refractivity contribution < 1.29 is 18.7 Å². The van der Waals surface area contributed by atoms with Gasteiger partial charge in [-0.3, -0.25) is 4.79 Å². The maximum absolute atomic E-state index is 12.7. The van der Waals surface area contributed by atoms with Gasteiger partial charge in [0.25, 0.3) is 0 Å². The number of hydrogen-bond acceptors (Lipinski definition) is 1. The van der Waals surface area contributed by atoms with Crippen molar-refractivity contribution in [2.75, 3.05) is 0 Å². The Morgan fingerprint density at radius 2 is 2.00 bits per heavy atom. The Morgan fingerprint density at radius 3 is 2.54 bits per heavy atom. The molecular formula is C8H7ClF2O2. The highest BCUT2D eigenvalue weighted by molar-refractivity contribution is 5.85. The van der Waals surface area contributed by atoms with E-state index in [-0.39, 0.29) is 18.0 Å². The van der Waals surface area contributed by atoms with Crippen molar-refractivity contribution in [3.63, 3.8) is 0 Å². The van der Waals surface area contributed by atoms with E-state index in [2.05, 4.69) is 0 Å². The molecule has 13 heavy (non-hydrogen) atoms. The van der Waals surface area contributed by atoms with Crippen LogP contribution in [0, 0.1) is 11.6 Å². The van der Waals surface area contributed by atoms with E-state index < -0.39 is 24.0 Å². The minimum absolute atomic E-state index is 0. The van der Waals surface area contributed by atoms with Gasteiger partial charge in [-0.25, -0.2) is 8.78 Å². The lowest BCUT2D eigenvalue weighted by atomic mass is 10.1. The molecule has 0 bridgehead atoms. The minimum atomic E-state index is -1.18. The molecule has 1 rings (SSSR count). The summed E-state index contributed by atoms with van der Waals surface area (Å²) >= 11 is 0. The molecule has 0 fully saturated rings. The Hall–Kier alpha value is -1.16. The van der Waals surface area contributed by atoms with Gasteiger partial charge in [-0.15, -0.1) is 12.4 Å². The number of carbonyl (C=O) groups is 1. The maximum Gasteiger partial charge on any atom is 0.307 e. The van der Waals surface area contributed by atoms with Crippen LogP contribution in [0.4, 0.5) is 8.78 Å². The molecule has 0 saturated carbocycles. The van der Waals surface area contributed by atoms with Gasteiger partial charge in [0.05, 0.1) is 6.42 Å². The summed E-state index contributed by atoms with van der Waals surface area (Å²) in [6.07, 6.45) is -0.496. The first-order valence-corrected chi connectivity index (χ1v) is 3.26. The third kappa shape index (κ3) is 2.99. The Balaban J connectivity index is 0.00000144. The summed E-state index contributed by atoms with van der Waals surface area (Å²) in [6, 6.07) is 3.46. The fourth-order valence-electron chi connectivity index (χ4n) is 0.848. The zero-order chi connectivity index (χ0) is 9.14. The molecule has 5 heteroatoms. The maximum atomic E-state index is 12.7. The third-order valence-corrected chi connectivity index (χ3v) is 1.37. The van der Waals surface area contributed by atoms with E-state index in [9.17, 15) is 13.6 Å². The van der Waals surface area contributed by atoms with Gasteiger partial charge in [0.15, 0.2) is 11.6 Å². The predicted octanol–water partition coefficient (Wildman–Crippen LogP) is 2.01. The molecule has 0 aliphatic rings. The SMILES string of the molecule is Cl.O=C(O)Cc1cccc(F)c1F. The average Bonchev–Trinajstić information content (AvgIpc) is 1.98. The largest absolute Gasteiger partial charge is 0.481 e. The third-order valence-electron chi connectivity index (χ3n) is 1.37. The highest BCUT2D eigenvalue weighted by Gasteiger charge is 2.09. The fraction of sp³-hybridized carbons (Fsp3) is 0.125. The van der Waals surface area contributed by atoms with E-state index in [1.807, 2.05) is 0 Å². The standard InChI is InChI=1S/C8H6F2O2.ClH/c9-6-3-1-2-5(8(6)10)4-7(11)12;/h1-3H,4H2,(H,11,12);1H. The first-order chi connectivity index (χ1) is 5.61. The summed E-state index contributed by atoms with van der Waals surface area (Å²) < 4.78 is 25.2. The smallest absolute Gasteiger partial charge is 0.307 e. The van der Waals surface area contributed by atoms with Gasteiger partial charge >= 0.3 is 5.97 Å². The Kier molecular flexibility index (Phi) is 4.34. The van der Waals surface area contributed by atoms with Crippen molar-refractivity contribution in [3.05, 3.63) is 35.4 Å². The van der Waals surface area contributed by atoms with Crippen molar-refractivity contribution in [1.29, 1.82) is 0 Å². The van der Waals surface area contributed by atoms with Crippen LogP contribution < -0.4 is 0 Å². The van der Waals surface area contributed by atoms with Crippen molar-refractivity contribution in [2.45, 2.75) is 6.42 Å². The van der Waals surface area contributed by atoms with E-state index in [0.717, 1.165) is 6.07 Å². The molecule has 2 nitrogen and oxygen atoms in total. The second-order valence-electron chi connectivity index (χ2n) is 2.28. The average molecular weight is 209 g/mol. The first kappa shape index (κ1) is 11.8. The number of rotatable bonds is 2. The molecule has 0 aliphatic carbocycles. The molecule has 1 aromatic carbocycles. The van der Waals surface area contributed by atoms with Crippen LogP contribution in [0.1, 0.15) is 5.56 Å². The number of benzene rings is 1. The highest BCUT2D eigenvalue weighted by Crippen LogP contribution is 2.11. The quantitative estimate of drug-likeness (QED) is 0.807. The zero-order valence-electron chi connectivity index (χ0n) is 6.46. The summed E-state index contributed by atoms with van der Waals surface area (Å²) in [6.45, 7) is 0. The molecule has 0 aromatic heterocycles. The minimum Gasteiger partial charge on any atom is -0.481 e. The number of halogens is 3. The van der Waals surface area contributed by atoms with Gasteiger partial charge in [0, 0.05) is 5.56 Å². The van der Waals surface area contributed by atoms with Crippen LogP contribution in [-0.2, 0) is 11.2 Å². The molecule has 0 heterocycles. The molecule has 0 unspecified atom stereocenters. The van der Waals surface area contributed by atoms with Crippen molar-refractivity contribution in [1.82, 2.24) is 0 Å². The summed E-state index contributed by atoms with van der Waals surface area (Å²) in [5.41, 5.74) is -0.137. The lowest BCUT2D eigenvalue weighted by molar-refractivity contribution is -0.136. The van der Waals surface area contributed by atoms with Crippen LogP contribution in [0.3, 0.4) is 0 Å². The Bertz CT molecular complexity index is 315. The molecular weight excluding hydrogens is 202 g/mol. The molecule has 0 amide bonds. The predicted molar refractivity (Wildman–Crippen MR) is 44.9 cm³/mol. The van der Waals surface area contributed by atoms with Crippen LogP contribution in [0.5, 0.6) is 0 Å². The normalized spacial score (nSPS) is 9.08. The van der Waals surface area contributed by atoms with E-state index in [4.69, 9.17) is 5.11 Å². The molecule has 0 saturated heterocycles. The lowest BCUT2D eigenvalue weighted by Crippen LogP contribution is -2.03. The van der Waals surface area contributed by atoms with E-state index >= 15 is 0 Å².